The number of amides is 1. The lowest BCUT2D eigenvalue weighted by molar-refractivity contribution is -0.132. The molecular formula is C17H19F3N4O. The summed E-state index contributed by atoms with van der Waals surface area (Å²) >= 11 is 0. The smallest absolute Gasteiger partial charge is 0.224 e. The van der Waals surface area contributed by atoms with Gasteiger partial charge in [-0.15, -0.1) is 0 Å². The molecule has 0 unspecified atom stereocenters. The maximum absolute atomic E-state index is 13.7. The summed E-state index contributed by atoms with van der Waals surface area (Å²) in [6.07, 6.45) is 2.42. The molecule has 2 N–H and O–H groups in total. The van der Waals surface area contributed by atoms with Gasteiger partial charge in [0.25, 0.3) is 0 Å². The second-order valence-corrected chi connectivity index (χ2v) is 6.33. The van der Waals surface area contributed by atoms with E-state index in [-0.39, 0.29) is 24.3 Å². The molecule has 5 nitrogen and oxygen atoms in total. The Morgan fingerprint density at radius 3 is 2.76 bits per heavy atom. The molecule has 0 fully saturated rings. The second kappa shape index (κ2) is 6.87. The van der Waals surface area contributed by atoms with Crippen LogP contribution in [0.5, 0.6) is 0 Å². The summed E-state index contributed by atoms with van der Waals surface area (Å²) in [4.78, 5) is 14.1. The lowest BCUT2D eigenvalue weighted by Gasteiger charge is -2.28. The molecule has 25 heavy (non-hydrogen) atoms. The fourth-order valence-electron chi connectivity index (χ4n) is 3.13. The molecule has 1 atom stereocenters. The number of fused-ring (bicyclic) bond motifs is 1. The lowest BCUT2D eigenvalue weighted by Crippen LogP contribution is -2.39. The zero-order valence-electron chi connectivity index (χ0n) is 13.8. The van der Waals surface area contributed by atoms with Crippen LogP contribution in [0, 0.1) is 17.5 Å². The third-order valence-corrected chi connectivity index (χ3v) is 4.49. The molecule has 1 aromatic heterocycles. The Labute approximate surface area is 143 Å². The van der Waals surface area contributed by atoms with E-state index in [0.717, 1.165) is 17.3 Å². The van der Waals surface area contributed by atoms with Gasteiger partial charge in [-0.1, -0.05) is 0 Å². The molecular weight excluding hydrogens is 333 g/mol. The average Bonchev–Trinajstić information content (AvgIpc) is 2.93. The number of nitrogens with zero attached hydrogens (tertiary/aromatic N) is 3. The highest BCUT2D eigenvalue weighted by atomic mass is 19.2. The number of carbonyl (C=O) groups is 1. The summed E-state index contributed by atoms with van der Waals surface area (Å²) in [6.45, 7) is 1.03. The number of hydrogen-bond donors (Lipinski definition) is 1. The van der Waals surface area contributed by atoms with E-state index in [1.807, 2.05) is 7.05 Å². The monoisotopic (exact) mass is 352 g/mol. The quantitative estimate of drug-likeness (QED) is 0.852. The van der Waals surface area contributed by atoms with E-state index in [4.69, 9.17) is 5.73 Å². The van der Waals surface area contributed by atoms with E-state index < -0.39 is 23.5 Å². The van der Waals surface area contributed by atoms with E-state index >= 15 is 0 Å². The summed E-state index contributed by atoms with van der Waals surface area (Å²) in [5.74, 6) is -3.38. The van der Waals surface area contributed by atoms with Gasteiger partial charge in [0, 0.05) is 56.3 Å². The van der Waals surface area contributed by atoms with Crippen molar-refractivity contribution in [3.63, 3.8) is 0 Å². The summed E-state index contributed by atoms with van der Waals surface area (Å²) in [5.41, 5.74) is 8.00. The minimum absolute atomic E-state index is 0.00797. The van der Waals surface area contributed by atoms with Gasteiger partial charge in [-0.3, -0.25) is 9.48 Å². The molecule has 1 amide bonds. The van der Waals surface area contributed by atoms with Crippen molar-refractivity contribution in [1.29, 1.82) is 0 Å². The van der Waals surface area contributed by atoms with Gasteiger partial charge in [-0.2, -0.15) is 5.10 Å². The van der Waals surface area contributed by atoms with Crippen LogP contribution in [0.2, 0.25) is 0 Å². The minimum atomic E-state index is -1.24. The maximum Gasteiger partial charge on any atom is 0.224 e. The fraction of sp³-hybridized carbons (Fsp3) is 0.412. The SMILES string of the molecule is Cn1ncc2c1CCN(C(=O)C[C@H](N)Cc1cc(F)c(F)cc1F)C2. The van der Waals surface area contributed by atoms with Gasteiger partial charge in [0.15, 0.2) is 11.6 Å². The van der Waals surface area contributed by atoms with Gasteiger partial charge in [0.05, 0.1) is 6.20 Å². The highest BCUT2D eigenvalue weighted by Gasteiger charge is 2.24. The second-order valence-electron chi connectivity index (χ2n) is 6.33. The Kier molecular flexibility index (Phi) is 4.80. The number of rotatable bonds is 4. The zero-order valence-corrected chi connectivity index (χ0v) is 13.8. The minimum Gasteiger partial charge on any atom is -0.338 e. The first-order valence-corrected chi connectivity index (χ1v) is 8.01. The zero-order chi connectivity index (χ0) is 18.1. The van der Waals surface area contributed by atoms with Gasteiger partial charge < -0.3 is 10.6 Å². The molecule has 1 aliphatic heterocycles. The lowest BCUT2D eigenvalue weighted by atomic mass is 10.0. The van der Waals surface area contributed by atoms with Crippen LogP contribution < -0.4 is 5.73 Å². The first kappa shape index (κ1) is 17.5. The van der Waals surface area contributed by atoms with E-state index in [9.17, 15) is 18.0 Å². The first-order chi connectivity index (χ1) is 11.8. The molecule has 8 heteroatoms. The van der Waals surface area contributed by atoms with Crippen LogP contribution in [0.3, 0.4) is 0 Å². The summed E-state index contributed by atoms with van der Waals surface area (Å²) in [5, 5.41) is 4.18. The third-order valence-electron chi connectivity index (χ3n) is 4.49. The molecule has 2 heterocycles. The predicted octanol–water partition coefficient (Wildman–Crippen LogP) is 1.68. The van der Waals surface area contributed by atoms with Gasteiger partial charge in [0.2, 0.25) is 5.91 Å². The number of aromatic nitrogens is 2. The van der Waals surface area contributed by atoms with E-state index in [2.05, 4.69) is 5.10 Å². The van der Waals surface area contributed by atoms with Crippen LogP contribution in [0.4, 0.5) is 13.2 Å². The number of nitrogens with two attached hydrogens (primary N) is 1. The number of aryl methyl sites for hydroxylation is 1. The molecule has 0 bridgehead atoms. The third kappa shape index (κ3) is 3.68. The highest BCUT2D eigenvalue weighted by Crippen LogP contribution is 2.20. The topological polar surface area (TPSA) is 64.2 Å². The average molecular weight is 352 g/mol. The molecule has 0 saturated carbocycles. The van der Waals surface area contributed by atoms with Crippen molar-refractivity contribution in [3.05, 3.63) is 52.6 Å². The highest BCUT2D eigenvalue weighted by molar-refractivity contribution is 5.77. The number of carbonyl (C=O) groups excluding carboxylic acids is 1. The fourth-order valence-corrected chi connectivity index (χ4v) is 3.13. The van der Waals surface area contributed by atoms with E-state index in [1.165, 1.54) is 0 Å². The van der Waals surface area contributed by atoms with Crippen molar-refractivity contribution < 1.29 is 18.0 Å². The van der Waals surface area contributed by atoms with Crippen LogP contribution in [0.25, 0.3) is 0 Å². The van der Waals surface area contributed by atoms with Crippen LogP contribution in [-0.2, 0) is 31.2 Å². The van der Waals surface area contributed by atoms with Crippen LogP contribution in [0.1, 0.15) is 23.2 Å². The summed E-state index contributed by atoms with van der Waals surface area (Å²) in [6, 6.07) is 0.605. The predicted molar refractivity (Wildman–Crippen MR) is 84.9 cm³/mol. The summed E-state index contributed by atoms with van der Waals surface area (Å²) < 4.78 is 41.7. The number of benzene rings is 1. The maximum atomic E-state index is 13.7. The molecule has 0 saturated heterocycles. The molecule has 2 aromatic rings. The van der Waals surface area contributed by atoms with Crippen molar-refractivity contribution in [3.8, 4) is 0 Å². The molecule has 1 aromatic carbocycles. The Morgan fingerprint density at radius 2 is 2.00 bits per heavy atom. The molecule has 1 aliphatic rings. The van der Waals surface area contributed by atoms with Crippen LogP contribution >= 0.6 is 0 Å². The van der Waals surface area contributed by atoms with Crippen LogP contribution in [0.15, 0.2) is 18.3 Å². The summed E-state index contributed by atoms with van der Waals surface area (Å²) in [7, 11) is 1.86. The van der Waals surface area contributed by atoms with Gasteiger partial charge in [-0.05, 0) is 18.1 Å². The normalized spacial score (nSPS) is 15.2. The van der Waals surface area contributed by atoms with E-state index in [1.54, 1.807) is 15.8 Å². The Bertz CT molecular complexity index is 805. The number of hydrogen-bond acceptors (Lipinski definition) is 3. The standard InChI is InChI=1S/C17H19F3N4O/c1-23-16-2-3-24(9-11(16)8-22-23)17(25)6-12(21)4-10-5-14(19)15(20)7-13(10)18/h5,7-8,12H,2-4,6,9,21H2,1H3/t12-/m1/s1. The van der Waals surface area contributed by atoms with E-state index in [0.29, 0.717) is 25.6 Å². The van der Waals surface area contributed by atoms with Gasteiger partial charge in [-0.25, -0.2) is 13.2 Å². The van der Waals surface area contributed by atoms with Crippen molar-refractivity contribution in [2.24, 2.45) is 12.8 Å². The molecule has 0 aliphatic carbocycles. The van der Waals surface area contributed by atoms with Crippen LogP contribution in [-0.4, -0.2) is 33.2 Å². The van der Waals surface area contributed by atoms with Gasteiger partial charge >= 0.3 is 0 Å². The van der Waals surface area contributed by atoms with Crippen molar-refractivity contribution in [2.45, 2.75) is 31.8 Å². The van der Waals surface area contributed by atoms with Crippen molar-refractivity contribution in [2.75, 3.05) is 6.54 Å². The largest absolute Gasteiger partial charge is 0.338 e. The van der Waals surface area contributed by atoms with Crippen molar-refractivity contribution in [1.82, 2.24) is 14.7 Å². The molecule has 0 spiro atoms. The molecule has 0 radical (unpaired) electrons. The Balaban J connectivity index is 1.61. The first-order valence-electron chi connectivity index (χ1n) is 8.01. The number of halogens is 3. The van der Waals surface area contributed by atoms with Crippen molar-refractivity contribution >= 4 is 5.91 Å². The molecule has 3 rings (SSSR count). The molecule has 134 valence electrons. The Hall–Kier alpha value is -2.35. The Morgan fingerprint density at radius 1 is 1.28 bits per heavy atom. The van der Waals surface area contributed by atoms with Gasteiger partial charge in [0.1, 0.15) is 5.82 Å².